The minimum Gasteiger partial charge on any atom is -0.0860 e. The molecule has 4 rings (SSSR count). The van der Waals surface area contributed by atoms with Gasteiger partial charge in [-0.2, -0.15) is 0 Å². The van der Waals surface area contributed by atoms with Gasteiger partial charge in [0.2, 0.25) is 0 Å². The molecule has 0 aromatic carbocycles. The molecule has 4 aliphatic carbocycles. The van der Waals surface area contributed by atoms with Crippen molar-refractivity contribution in [2.75, 3.05) is 0 Å². The smallest absolute Gasteiger partial charge is 0.0615 e. The van der Waals surface area contributed by atoms with Gasteiger partial charge in [-0.3, -0.25) is 0 Å². The van der Waals surface area contributed by atoms with Crippen LogP contribution in [-0.4, -0.2) is 6.04 Å². The van der Waals surface area contributed by atoms with Crippen molar-refractivity contribution in [3.63, 3.8) is 0 Å². The number of rotatable bonds is 6. The summed E-state index contributed by atoms with van der Waals surface area (Å²) in [6.07, 6.45) is 16.2. The topological polar surface area (TPSA) is 48.8 Å². The predicted octanol–water partition coefficient (Wildman–Crippen LogP) is 8.95. The zero-order chi connectivity index (χ0) is 22.4. The molecule has 3 heteroatoms. The quantitative estimate of drug-likeness (QED) is 0.176. The van der Waals surface area contributed by atoms with E-state index in [-0.39, 0.29) is 6.04 Å². The van der Waals surface area contributed by atoms with Crippen molar-refractivity contribution in [1.29, 1.82) is 0 Å². The Morgan fingerprint density at radius 3 is 2.42 bits per heavy atom. The zero-order valence-corrected chi connectivity index (χ0v) is 21.1. The van der Waals surface area contributed by atoms with Crippen LogP contribution in [0.3, 0.4) is 0 Å². The van der Waals surface area contributed by atoms with E-state index in [4.69, 9.17) is 0 Å². The fourth-order valence-electron chi connectivity index (χ4n) is 9.38. The Kier molecular flexibility index (Phi) is 6.57. The van der Waals surface area contributed by atoms with Crippen molar-refractivity contribution in [2.45, 2.75) is 112 Å². The molecule has 3 fully saturated rings. The molecule has 0 N–H and O–H groups in total. The van der Waals surface area contributed by atoms with Gasteiger partial charge in [0.05, 0.1) is 6.04 Å². The van der Waals surface area contributed by atoms with Crippen molar-refractivity contribution in [3.05, 3.63) is 22.1 Å². The van der Waals surface area contributed by atoms with Crippen molar-refractivity contribution in [1.82, 2.24) is 0 Å². The van der Waals surface area contributed by atoms with Crippen molar-refractivity contribution < 1.29 is 0 Å². The summed E-state index contributed by atoms with van der Waals surface area (Å²) in [5.74, 6) is 5.84. The molecule has 0 amide bonds. The predicted molar refractivity (Wildman–Crippen MR) is 131 cm³/mol. The molecule has 0 bridgehead atoms. The highest BCUT2D eigenvalue weighted by Gasteiger charge is 2.61. The lowest BCUT2D eigenvalue weighted by Gasteiger charge is -2.61. The van der Waals surface area contributed by atoms with E-state index in [1.165, 1.54) is 69.8 Å². The lowest BCUT2D eigenvalue weighted by Crippen LogP contribution is -2.55. The molecule has 0 aromatic rings. The van der Waals surface area contributed by atoms with E-state index in [1.54, 1.807) is 0 Å². The van der Waals surface area contributed by atoms with Crippen LogP contribution in [0.15, 0.2) is 16.8 Å². The van der Waals surface area contributed by atoms with Crippen molar-refractivity contribution in [2.24, 2.45) is 57.4 Å². The molecule has 0 radical (unpaired) electrons. The Hall–Kier alpha value is -0.950. The average Bonchev–Trinajstić information content (AvgIpc) is 3.07. The summed E-state index contributed by atoms with van der Waals surface area (Å²) < 4.78 is 0. The Bertz CT molecular complexity index is 735. The molecule has 31 heavy (non-hydrogen) atoms. The summed E-state index contributed by atoms with van der Waals surface area (Å²) in [5, 5.41) is 4.30. The maximum Gasteiger partial charge on any atom is 0.0615 e. The van der Waals surface area contributed by atoms with Gasteiger partial charge in [-0.25, -0.2) is 0 Å². The summed E-state index contributed by atoms with van der Waals surface area (Å²) in [5.41, 5.74) is 11.4. The molecule has 0 unspecified atom stereocenters. The molecule has 0 spiro atoms. The molecule has 0 saturated heterocycles. The first-order valence-corrected chi connectivity index (χ1v) is 13.4. The molecule has 0 aliphatic heterocycles. The highest BCUT2D eigenvalue weighted by atomic mass is 15.2. The van der Waals surface area contributed by atoms with Crippen LogP contribution in [0.2, 0.25) is 0 Å². The van der Waals surface area contributed by atoms with E-state index in [9.17, 15) is 5.53 Å². The normalized spacial score (nSPS) is 45.2. The standard InChI is InChI=1S/C28H47N3/c1-18(2)8-7-9-19(3)22-12-13-23-21-10-11-25-26(30-31-29)20(4)14-16-28(25,6)24(21)15-17-27(22,23)5/h14,18-19,21-26H,7-13,15-17H2,1-6H3/t19-,21+,22-,23+,24+,25+,26-,27-,28-/m1/s1. The third kappa shape index (κ3) is 3.88. The van der Waals surface area contributed by atoms with E-state index in [0.29, 0.717) is 16.7 Å². The lowest BCUT2D eigenvalue weighted by molar-refractivity contribution is -0.105. The van der Waals surface area contributed by atoms with Gasteiger partial charge in [-0.15, -0.1) is 0 Å². The summed E-state index contributed by atoms with van der Waals surface area (Å²) in [6.45, 7) is 14.7. The molecule has 3 saturated carbocycles. The first-order chi connectivity index (χ1) is 14.7. The number of nitrogens with zero attached hydrogens (tertiary/aromatic N) is 3. The average molecular weight is 426 g/mol. The van der Waals surface area contributed by atoms with Gasteiger partial charge in [0, 0.05) is 4.91 Å². The maximum absolute atomic E-state index is 9.20. The Balaban J connectivity index is 1.52. The molecule has 4 aliphatic rings. The summed E-state index contributed by atoms with van der Waals surface area (Å²) in [7, 11) is 0. The number of hydrogen-bond acceptors (Lipinski definition) is 1. The second kappa shape index (κ2) is 8.77. The van der Waals surface area contributed by atoms with Crippen LogP contribution in [0.25, 0.3) is 10.4 Å². The van der Waals surface area contributed by atoms with E-state index < -0.39 is 0 Å². The van der Waals surface area contributed by atoms with Gasteiger partial charge >= 0.3 is 0 Å². The fourth-order valence-corrected chi connectivity index (χ4v) is 9.38. The molecule has 3 nitrogen and oxygen atoms in total. The van der Waals surface area contributed by atoms with E-state index in [2.05, 4.69) is 57.6 Å². The Morgan fingerprint density at radius 2 is 1.71 bits per heavy atom. The number of fused-ring (bicyclic) bond motifs is 5. The van der Waals surface area contributed by atoms with Gasteiger partial charge in [-0.1, -0.05) is 70.6 Å². The fraction of sp³-hybridized carbons (Fsp3) is 0.929. The van der Waals surface area contributed by atoms with Crippen LogP contribution in [0.5, 0.6) is 0 Å². The molecule has 9 atom stereocenters. The molecule has 0 aromatic heterocycles. The first-order valence-electron chi connectivity index (χ1n) is 13.4. The second-order valence-corrected chi connectivity index (χ2v) is 12.9. The lowest BCUT2D eigenvalue weighted by atomic mass is 9.44. The number of hydrogen-bond donors (Lipinski definition) is 0. The third-order valence-corrected chi connectivity index (χ3v) is 11.0. The molecule has 0 heterocycles. The van der Waals surface area contributed by atoms with Gasteiger partial charge in [0.1, 0.15) is 0 Å². The second-order valence-electron chi connectivity index (χ2n) is 12.9. The van der Waals surface area contributed by atoms with Gasteiger partial charge < -0.3 is 0 Å². The van der Waals surface area contributed by atoms with E-state index in [0.717, 1.165) is 35.5 Å². The highest BCUT2D eigenvalue weighted by molar-refractivity contribution is 5.22. The monoisotopic (exact) mass is 425 g/mol. The summed E-state index contributed by atoms with van der Waals surface area (Å²) >= 11 is 0. The highest BCUT2D eigenvalue weighted by Crippen LogP contribution is 2.68. The van der Waals surface area contributed by atoms with Crippen LogP contribution < -0.4 is 0 Å². The van der Waals surface area contributed by atoms with Crippen LogP contribution in [0, 0.1) is 52.3 Å². The van der Waals surface area contributed by atoms with E-state index >= 15 is 0 Å². The minimum atomic E-state index is 0.0929. The molecule has 174 valence electrons. The summed E-state index contributed by atoms with van der Waals surface area (Å²) in [4.78, 5) is 3.25. The van der Waals surface area contributed by atoms with Crippen LogP contribution in [0.4, 0.5) is 0 Å². The van der Waals surface area contributed by atoms with Crippen molar-refractivity contribution in [3.8, 4) is 0 Å². The number of azide groups is 1. The van der Waals surface area contributed by atoms with E-state index in [1.807, 2.05) is 0 Å². The van der Waals surface area contributed by atoms with Crippen LogP contribution in [0.1, 0.15) is 106 Å². The Morgan fingerprint density at radius 1 is 1.00 bits per heavy atom. The van der Waals surface area contributed by atoms with Crippen LogP contribution in [-0.2, 0) is 0 Å². The van der Waals surface area contributed by atoms with Gasteiger partial charge in [0.15, 0.2) is 0 Å². The first kappa shape index (κ1) is 23.2. The molecular weight excluding hydrogens is 378 g/mol. The van der Waals surface area contributed by atoms with Gasteiger partial charge in [0.25, 0.3) is 0 Å². The third-order valence-electron chi connectivity index (χ3n) is 11.0. The number of allylic oxidation sites excluding steroid dienone is 1. The Labute approximate surface area is 191 Å². The van der Waals surface area contributed by atoms with Crippen molar-refractivity contribution >= 4 is 0 Å². The minimum absolute atomic E-state index is 0.0929. The zero-order valence-electron chi connectivity index (χ0n) is 21.1. The molecular formula is C28H47N3. The van der Waals surface area contributed by atoms with Gasteiger partial charge in [-0.05, 0) is 110 Å². The maximum atomic E-state index is 9.20. The van der Waals surface area contributed by atoms with Crippen LogP contribution >= 0.6 is 0 Å². The SMILES string of the molecule is CC1=CC[C@]2(C)[C@H]3CC[C@]4(C)[C@@H]([C@H](C)CCCC(C)C)CC[C@H]4[C@@H]3CC[C@H]2[C@@H]1N=[N+]=[N-]. The largest absolute Gasteiger partial charge is 0.0860 e. The summed E-state index contributed by atoms with van der Waals surface area (Å²) in [6, 6.07) is 0.0929.